The summed E-state index contributed by atoms with van der Waals surface area (Å²) in [6.07, 6.45) is 91.6. The predicted octanol–water partition coefficient (Wildman–Crippen LogP) is 25.1. The number of carbonyl (C=O) groups is 2. The maximum atomic E-state index is 12.5. The van der Waals surface area contributed by atoms with E-state index in [0.29, 0.717) is 25.9 Å². The van der Waals surface area contributed by atoms with E-state index in [2.05, 4.69) is 31.3 Å². The highest BCUT2D eigenvalue weighted by Gasteiger charge is 2.20. The number of unbranched alkanes of at least 4 members (excludes halogenated alkanes) is 60. The molecule has 0 aromatic rings. The molecule has 0 rings (SSSR count). The third-order valence-electron chi connectivity index (χ3n) is 18.3. The summed E-state index contributed by atoms with van der Waals surface area (Å²) in [5, 5.41) is 23.3. The lowest BCUT2D eigenvalue weighted by Crippen LogP contribution is -2.45. The van der Waals surface area contributed by atoms with E-state index in [4.69, 9.17) is 4.74 Å². The largest absolute Gasteiger partial charge is 0.466 e. The van der Waals surface area contributed by atoms with Crippen LogP contribution in [0.1, 0.15) is 444 Å². The van der Waals surface area contributed by atoms with E-state index >= 15 is 0 Å². The lowest BCUT2D eigenvalue weighted by atomic mass is 10.0. The van der Waals surface area contributed by atoms with Crippen LogP contribution in [0.5, 0.6) is 0 Å². The summed E-state index contributed by atoms with van der Waals surface area (Å²) in [5.41, 5.74) is 0. The first-order valence-electron chi connectivity index (χ1n) is 38.4. The van der Waals surface area contributed by atoms with Gasteiger partial charge in [0, 0.05) is 12.8 Å². The Bertz CT molecular complexity index is 1260. The quantitative estimate of drug-likeness (QED) is 0.0320. The van der Waals surface area contributed by atoms with Gasteiger partial charge in [0.2, 0.25) is 5.91 Å². The molecule has 0 aromatic heterocycles. The van der Waals surface area contributed by atoms with Gasteiger partial charge in [-0.15, -0.1) is 0 Å². The number of allylic oxidation sites excluding steroid dienone is 2. The predicted molar refractivity (Wildman–Crippen MR) is 366 cm³/mol. The highest BCUT2D eigenvalue weighted by molar-refractivity contribution is 5.76. The van der Waals surface area contributed by atoms with Crippen LogP contribution in [-0.4, -0.2) is 47.4 Å². The van der Waals surface area contributed by atoms with Crippen molar-refractivity contribution in [1.29, 1.82) is 0 Å². The second kappa shape index (κ2) is 73.1. The van der Waals surface area contributed by atoms with Gasteiger partial charge in [-0.3, -0.25) is 9.59 Å². The minimum absolute atomic E-state index is 0.0232. The summed E-state index contributed by atoms with van der Waals surface area (Å²) in [6, 6.07) is -0.535. The molecule has 83 heavy (non-hydrogen) atoms. The average Bonchev–Trinajstić information content (AvgIpc) is 3.49. The SMILES string of the molecule is CCCCCCCC/C=C\CCCCCCCCCCCC(=O)OCCCCCCCCCCCCCCCCCCCCCCCCCCCCCCCCCCCCCC(=O)NC(CO)C(O)CCCCCCCCCCCCCC. The fourth-order valence-corrected chi connectivity index (χ4v) is 12.5. The van der Waals surface area contributed by atoms with Crippen LogP contribution in [-0.2, 0) is 14.3 Å². The number of aliphatic hydroxyl groups excluding tert-OH is 2. The molecule has 0 fully saturated rings. The second-order valence-electron chi connectivity index (χ2n) is 26.7. The van der Waals surface area contributed by atoms with Crippen molar-refractivity contribution in [3.8, 4) is 0 Å². The number of aliphatic hydroxyl groups is 2. The Morgan fingerprint density at radius 1 is 0.325 bits per heavy atom. The summed E-state index contributed by atoms with van der Waals surface area (Å²) in [5.74, 6) is -0.00412. The molecule has 0 aliphatic heterocycles. The molecule has 0 aliphatic carbocycles. The number of carbonyl (C=O) groups excluding carboxylic acids is 2. The van der Waals surface area contributed by atoms with Gasteiger partial charge >= 0.3 is 5.97 Å². The van der Waals surface area contributed by atoms with E-state index in [1.54, 1.807) is 0 Å². The van der Waals surface area contributed by atoms with E-state index in [9.17, 15) is 19.8 Å². The van der Waals surface area contributed by atoms with Crippen molar-refractivity contribution in [2.75, 3.05) is 13.2 Å². The Morgan fingerprint density at radius 2 is 0.566 bits per heavy atom. The first-order chi connectivity index (χ1) is 41.0. The first kappa shape index (κ1) is 81.6. The summed E-state index contributed by atoms with van der Waals surface area (Å²) in [7, 11) is 0. The summed E-state index contributed by atoms with van der Waals surface area (Å²) in [6.45, 7) is 4.99. The Balaban J connectivity index is 3.27. The average molecular weight is 1170 g/mol. The Kier molecular flexibility index (Phi) is 71.8. The molecular formula is C77H151NO5. The smallest absolute Gasteiger partial charge is 0.305 e. The third-order valence-corrected chi connectivity index (χ3v) is 18.3. The Morgan fingerprint density at radius 3 is 0.855 bits per heavy atom. The molecule has 6 heteroatoms. The first-order valence-corrected chi connectivity index (χ1v) is 38.4. The number of rotatable bonds is 73. The maximum Gasteiger partial charge on any atom is 0.305 e. The molecule has 2 unspecified atom stereocenters. The lowest BCUT2D eigenvalue weighted by molar-refractivity contribution is -0.143. The van der Waals surface area contributed by atoms with Crippen molar-refractivity contribution in [3.63, 3.8) is 0 Å². The number of hydrogen-bond donors (Lipinski definition) is 3. The van der Waals surface area contributed by atoms with Gasteiger partial charge in [0.25, 0.3) is 0 Å². The molecule has 0 aromatic carbocycles. The zero-order valence-corrected chi connectivity index (χ0v) is 56.7. The molecule has 6 nitrogen and oxygen atoms in total. The highest BCUT2D eigenvalue weighted by atomic mass is 16.5. The molecule has 0 aliphatic rings. The van der Waals surface area contributed by atoms with Gasteiger partial charge in [-0.05, 0) is 51.4 Å². The number of hydrogen-bond acceptors (Lipinski definition) is 5. The molecule has 0 bridgehead atoms. The monoisotopic (exact) mass is 1170 g/mol. The van der Waals surface area contributed by atoms with Crippen LogP contribution in [0.15, 0.2) is 12.2 Å². The van der Waals surface area contributed by atoms with E-state index < -0.39 is 12.1 Å². The van der Waals surface area contributed by atoms with Crippen molar-refractivity contribution in [2.24, 2.45) is 0 Å². The zero-order chi connectivity index (χ0) is 59.9. The normalized spacial score (nSPS) is 12.5. The van der Waals surface area contributed by atoms with Crippen molar-refractivity contribution >= 4 is 11.9 Å². The lowest BCUT2D eigenvalue weighted by Gasteiger charge is -2.22. The third kappa shape index (κ3) is 69.6. The molecule has 2 atom stereocenters. The topological polar surface area (TPSA) is 95.9 Å². The van der Waals surface area contributed by atoms with Crippen molar-refractivity contribution in [2.45, 2.75) is 456 Å². The highest BCUT2D eigenvalue weighted by Crippen LogP contribution is 2.20. The maximum absolute atomic E-state index is 12.5. The van der Waals surface area contributed by atoms with Gasteiger partial charge in [0.05, 0.1) is 25.4 Å². The standard InChI is InChI=1S/C77H151NO5/c1-3-5-7-9-11-13-15-17-18-19-37-41-44-47-51-55-59-63-67-71-77(82)83-72-68-64-60-56-52-48-45-42-39-36-34-32-30-28-26-24-22-20-21-23-25-27-29-31-33-35-38-40-43-46-50-54-58-62-66-70-76(81)78-74(73-79)75(80)69-65-61-57-53-49-16-14-12-10-8-6-4-2/h17-18,74-75,79-80H,3-16,19-73H2,1-2H3,(H,78,81)/b18-17-. The van der Waals surface area contributed by atoms with Crippen LogP contribution in [0, 0.1) is 0 Å². The van der Waals surface area contributed by atoms with Crippen LogP contribution in [0.4, 0.5) is 0 Å². The van der Waals surface area contributed by atoms with E-state index in [0.717, 1.165) is 38.5 Å². The van der Waals surface area contributed by atoms with Gasteiger partial charge in [0.1, 0.15) is 0 Å². The minimum Gasteiger partial charge on any atom is -0.466 e. The van der Waals surface area contributed by atoms with Gasteiger partial charge in [-0.2, -0.15) is 0 Å². The molecule has 0 heterocycles. The van der Waals surface area contributed by atoms with Crippen molar-refractivity contribution in [1.82, 2.24) is 5.32 Å². The molecule has 0 radical (unpaired) electrons. The molecule has 0 saturated carbocycles. The Labute approximate surface area is 520 Å². The van der Waals surface area contributed by atoms with E-state index in [-0.39, 0.29) is 18.5 Å². The molecular weight excluding hydrogens is 1020 g/mol. The summed E-state index contributed by atoms with van der Waals surface area (Å²) in [4.78, 5) is 24.6. The molecule has 3 N–H and O–H groups in total. The van der Waals surface area contributed by atoms with Crippen LogP contribution >= 0.6 is 0 Å². The van der Waals surface area contributed by atoms with Crippen LogP contribution in [0.25, 0.3) is 0 Å². The Hall–Kier alpha value is -1.40. The second-order valence-corrected chi connectivity index (χ2v) is 26.7. The van der Waals surface area contributed by atoms with E-state index in [1.165, 1.54) is 372 Å². The number of nitrogens with one attached hydrogen (secondary N) is 1. The molecule has 0 spiro atoms. The minimum atomic E-state index is -0.659. The summed E-state index contributed by atoms with van der Waals surface area (Å²) < 4.78 is 5.52. The number of ether oxygens (including phenoxy) is 1. The van der Waals surface area contributed by atoms with Crippen LogP contribution < -0.4 is 5.32 Å². The van der Waals surface area contributed by atoms with Gasteiger partial charge in [0.15, 0.2) is 0 Å². The number of amides is 1. The fraction of sp³-hybridized carbons (Fsp3) is 0.948. The molecule has 0 saturated heterocycles. The van der Waals surface area contributed by atoms with E-state index in [1.807, 2.05) is 0 Å². The van der Waals surface area contributed by atoms with Crippen LogP contribution in [0.3, 0.4) is 0 Å². The van der Waals surface area contributed by atoms with Crippen LogP contribution in [0.2, 0.25) is 0 Å². The zero-order valence-electron chi connectivity index (χ0n) is 56.7. The van der Waals surface area contributed by atoms with Gasteiger partial charge in [-0.1, -0.05) is 392 Å². The van der Waals surface area contributed by atoms with Crippen molar-refractivity contribution in [3.05, 3.63) is 12.2 Å². The van der Waals surface area contributed by atoms with Crippen molar-refractivity contribution < 1.29 is 24.5 Å². The van der Waals surface area contributed by atoms with Gasteiger partial charge in [-0.25, -0.2) is 0 Å². The fourth-order valence-electron chi connectivity index (χ4n) is 12.5. The summed E-state index contributed by atoms with van der Waals surface area (Å²) >= 11 is 0. The number of esters is 1. The van der Waals surface area contributed by atoms with Gasteiger partial charge < -0.3 is 20.3 Å². The molecule has 1 amide bonds. The molecule has 494 valence electrons.